The summed E-state index contributed by atoms with van der Waals surface area (Å²) in [6.45, 7) is 5.19. The molecule has 0 aliphatic carbocycles. The molecule has 2 aromatic rings. The second-order valence-corrected chi connectivity index (χ2v) is 6.83. The lowest BCUT2D eigenvalue weighted by Gasteiger charge is -2.14. The summed E-state index contributed by atoms with van der Waals surface area (Å²) in [7, 11) is 0. The van der Waals surface area contributed by atoms with Gasteiger partial charge in [0.1, 0.15) is 11.6 Å². The maximum Gasteiger partial charge on any atom is 0.138 e. The molecule has 0 radical (unpaired) electrons. The third-order valence-electron chi connectivity index (χ3n) is 3.29. The molecule has 0 saturated heterocycles. The highest BCUT2D eigenvalue weighted by Gasteiger charge is 2.15. The zero-order valence-electron chi connectivity index (χ0n) is 12.1. The molecule has 1 nitrogen and oxygen atoms in total. The minimum absolute atomic E-state index is 0.150. The van der Waals surface area contributed by atoms with Crippen molar-refractivity contribution in [1.29, 1.82) is 0 Å². The first-order chi connectivity index (χ1) is 10.1. The number of thiophene rings is 1. The largest absolute Gasteiger partial charge is 0.309 e. The summed E-state index contributed by atoms with van der Waals surface area (Å²) in [5.41, 5.74) is 0.317. The Morgan fingerprint density at radius 3 is 2.62 bits per heavy atom. The molecule has 0 aliphatic rings. The Hall–Kier alpha value is -0.780. The van der Waals surface area contributed by atoms with Crippen molar-refractivity contribution in [3.05, 3.63) is 45.2 Å². The maximum absolute atomic E-state index is 14.0. The Kier molecular flexibility index (Phi) is 5.90. The maximum atomic E-state index is 14.0. The summed E-state index contributed by atoms with van der Waals surface area (Å²) in [6, 6.07) is 6.55. The van der Waals surface area contributed by atoms with Gasteiger partial charge in [0.05, 0.1) is 4.47 Å². The minimum Gasteiger partial charge on any atom is -0.309 e. The molecular weight excluding hydrogens is 356 g/mol. The lowest BCUT2D eigenvalue weighted by molar-refractivity contribution is 0.525. The van der Waals surface area contributed by atoms with E-state index in [1.54, 1.807) is 0 Å². The molecule has 114 valence electrons. The van der Waals surface area contributed by atoms with Gasteiger partial charge in [0.2, 0.25) is 0 Å². The molecule has 0 bridgehead atoms. The van der Waals surface area contributed by atoms with E-state index in [9.17, 15) is 8.78 Å². The number of nitrogens with one attached hydrogen (secondary N) is 1. The van der Waals surface area contributed by atoms with Crippen LogP contribution < -0.4 is 5.32 Å². The molecule has 1 aromatic heterocycles. The second kappa shape index (κ2) is 7.47. The highest BCUT2D eigenvalue weighted by atomic mass is 79.9. The van der Waals surface area contributed by atoms with Crippen LogP contribution in [0.1, 0.15) is 37.6 Å². The summed E-state index contributed by atoms with van der Waals surface area (Å²) < 4.78 is 27.8. The first kappa shape index (κ1) is 16.6. The molecule has 1 unspecified atom stereocenters. The minimum atomic E-state index is -0.447. The summed E-state index contributed by atoms with van der Waals surface area (Å²) in [4.78, 5) is 1.91. The second-order valence-electron chi connectivity index (χ2n) is 4.86. The van der Waals surface area contributed by atoms with Crippen molar-refractivity contribution in [3.8, 4) is 10.4 Å². The Balaban J connectivity index is 2.29. The van der Waals surface area contributed by atoms with Crippen molar-refractivity contribution < 1.29 is 8.78 Å². The van der Waals surface area contributed by atoms with E-state index >= 15 is 0 Å². The van der Waals surface area contributed by atoms with E-state index in [0.29, 0.717) is 5.56 Å². The number of rotatable bonds is 6. The van der Waals surface area contributed by atoms with Gasteiger partial charge < -0.3 is 5.32 Å². The van der Waals surface area contributed by atoms with Gasteiger partial charge in [0.25, 0.3) is 0 Å². The third-order valence-corrected chi connectivity index (χ3v) is 5.13. The van der Waals surface area contributed by atoms with Gasteiger partial charge in [-0.15, -0.1) is 11.3 Å². The van der Waals surface area contributed by atoms with Crippen LogP contribution in [0.3, 0.4) is 0 Å². The van der Waals surface area contributed by atoms with Gasteiger partial charge in [-0.3, -0.25) is 0 Å². The monoisotopic (exact) mass is 373 g/mol. The molecule has 0 amide bonds. The van der Waals surface area contributed by atoms with Gasteiger partial charge in [-0.25, -0.2) is 8.78 Å². The topological polar surface area (TPSA) is 12.0 Å². The van der Waals surface area contributed by atoms with E-state index in [1.807, 2.05) is 12.1 Å². The van der Waals surface area contributed by atoms with Gasteiger partial charge in [-0.2, -0.15) is 0 Å². The van der Waals surface area contributed by atoms with Crippen molar-refractivity contribution in [2.24, 2.45) is 0 Å². The Morgan fingerprint density at radius 2 is 1.95 bits per heavy atom. The van der Waals surface area contributed by atoms with Gasteiger partial charge in [0, 0.05) is 21.4 Å². The van der Waals surface area contributed by atoms with E-state index in [0.717, 1.165) is 29.1 Å². The average Bonchev–Trinajstić information content (AvgIpc) is 2.93. The van der Waals surface area contributed by atoms with Crippen LogP contribution >= 0.6 is 27.3 Å². The molecular formula is C16H18BrF2NS. The SMILES string of the molecule is CCCNC(CC)c1ccc(-c2cc(F)c(Br)cc2F)s1. The first-order valence-electron chi connectivity index (χ1n) is 7.04. The van der Waals surface area contributed by atoms with Gasteiger partial charge in [-0.1, -0.05) is 13.8 Å². The molecule has 0 fully saturated rings. The standard InChI is InChI=1S/C16H18BrF2NS/c1-3-7-20-14(4-2)16-6-5-15(21-16)10-8-13(19)11(17)9-12(10)18/h5-6,8-9,14,20H,3-4,7H2,1-2H3. The highest BCUT2D eigenvalue weighted by Crippen LogP contribution is 2.35. The van der Waals surface area contributed by atoms with Crippen LogP contribution in [0, 0.1) is 11.6 Å². The molecule has 0 spiro atoms. The smallest absolute Gasteiger partial charge is 0.138 e. The number of benzene rings is 1. The molecule has 21 heavy (non-hydrogen) atoms. The van der Waals surface area contributed by atoms with E-state index in [4.69, 9.17) is 0 Å². The summed E-state index contributed by atoms with van der Waals surface area (Å²) in [5, 5.41) is 3.47. The summed E-state index contributed by atoms with van der Waals surface area (Å²) in [6.07, 6.45) is 2.04. The third kappa shape index (κ3) is 3.90. The molecule has 1 N–H and O–H groups in total. The molecule has 0 aliphatic heterocycles. The molecule has 2 rings (SSSR count). The number of hydrogen-bond donors (Lipinski definition) is 1. The zero-order valence-corrected chi connectivity index (χ0v) is 14.5. The van der Waals surface area contributed by atoms with Crippen LogP contribution in [0.25, 0.3) is 10.4 Å². The first-order valence-corrected chi connectivity index (χ1v) is 8.65. The Morgan fingerprint density at radius 1 is 1.19 bits per heavy atom. The fourth-order valence-corrected chi connectivity index (χ4v) is 3.66. The molecule has 1 atom stereocenters. The fraction of sp³-hybridized carbons (Fsp3) is 0.375. The molecule has 5 heteroatoms. The lowest BCUT2D eigenvalue weighted by Crippen LogP contribution is -2.20. The van der Waals surface area contributed by atoms with Crippen molar-refractivity contribution >= 4 is 27.3 Å². The molecule has 1 heterocycles. The zero-order chi connectivity index (χ0) is 15.4. The number of halogens is 3. The van der Waals surface area contributed by atoms with Crippen LogP contribution in [0.4, 0.5) is 8.78 Å². The predicted molar refractivity (Wildman–Crippen MR) is 88.7 cm³/mol. The number of hydrogen-bond acceptors (Lipinski definition) is 2. The van der Waals surface area contributed by atoms with E-state index in [1.165, 1.54) is 23.5 Å². The Labute approximate surface area is 136 Å². The van der Waals surface area contributed by atoms with E-state index < -0.39 is 11.6 Å². The molecule has 0 saturated carbocycles. The highest BCUT2D eigenvalue weighted by molar-refractivity contribution is 9.10. The van der Waals surface area contributed by atoms with Crippen molar-refractivity contribution in [2.45, 2.75) is 32.7 Å². The van der Waals surface area contributed by atoms with Crippen molar-refractivity contribution in [2.75, 3.05) is 6.54 Å². The average molecular weight is 374 g/mol. The van der Waals surface area contributed by atoms with Gasteiger partial charge >= 0.3 is 0 Å². The summed E-state index contributed by atoms with van der Waals surface area (Å²) >= 11 is 4.51. The Bertz CT molecular complexity index is 612. The molecule has 1 aromatic carbocycles. The quantitative estimate of drug-likeness (QED) is 0.620. The van der Waals surface area contributed by atoms with Crippen LogP contribution in [-0.4, -0.2) is 6.54 Å². The van der Waals surface area contributed by atoms with Crippen LogP contribution in [-0.2, 0) is 0 Å². The van der Waals surface area contributed by atoms with Crippen LogP contribution in [0.15, 0.2) is 28.7 Å². The normalized spacial score (nSPS) is 12.6. The fourth-order valence-electron chi connectivity index (χ4n) is 2.16. The van der Waals surface area contributed by atoms with Gasteiger partial charge in [0.15, 0.2) is 0 Å². The summed E-state index contributed by atoms with van der Waals surface area (Å²) in [5.74, 6) is -0.858. The van der Waals surface area contributed by atoms with Crippen LogP contribution in [0.5, 0.6) is 0 Å². The lowest BCUT2D eigenvalue weighted by atomic mass is 10.1. The van der Waals surface area contributed by atoms with Crippen LogP contribution in [0.2, 0.25) is 0 Å². The van der Waals surface area contributed by atoms with Crippen molar-refractivity contribution in [3.63, 3.8) is 0 Å². The van der Waals surface area contributed by atoms with Gasteiger partial charge in [-0.05, 0) is 59.6 Å². The predicted octanol–water partition coefficient (Wildman–Crippen LogP) is 5.91. The van der Waals surface area contributed by atoms with E-state index in [2.05, 4.69) is 35.1 Å². The van der Waals surface area contributed by atoms with Crippen molar-refractivity contribution in [1.82, 2.24) is 5.32 Å². The van der Waals surface area contributed by atoms with E-state index in [-0.39, 0.29) is 10.5 Å².